The summed E-state index contributed by atoms with van der Waals surface area (Å²) in [4.78, 5) is 11.9. The summed E-state index contributed by atoms with van der Waals surface area (Å²) in [7, 11) is 0. The lowest BCUT2D eigenvalue weighted by Crippen LogP contribution is -2.33. The molecular formula is C24H29N7. The molecule has 0 amide bonds. The number of hydrogen-bond donors (Lipinski definition) is 3. The van der Waals surface area contributed by atoms with Crippen molar-refractivity contribution >= 4 is 34.0 Å². The molecular weight excluding hydrogens is 386 g/mol. The van der Waals surface area contributed by atoms with Crippen LogP contribution < -0.4 is 21.3 Å². The average Bonchev–Trinajstić information content (AvgIpc) is 3.24. The van der Waals surface area contributed by atoms with Crippen LogP contribution in [0.2, 0.25) is 0 Å². The van der Waals surface area contributed by atoms with Crippen molar-refractivity contribution in [2.24, 2.45) is 0 Å². The van der Waals surface area contributed by atoms with E-state index in [-0.39, 0.29) is 0 Å². The Labute approximate surface area is 183 Å². The lowest BCUT2D eigenvalue weighted by Gasteiger charge is -2.21. The Balaban J connectivity index is 1.58. The Morgan fingerprint density at radius 1 is 1.19 bits per heavy atom. The number of hydrogen-bond acceptors (Lipinski definition) is 7. The van der Waals surface area contributed by atoms with Gasteiger partial charge in [0.1, 0.15) is 5.82 Å². The van der Waals surface area contributed by atoms with Gasteiger partial charge in [-0.3, -0.25) is 0 Å². The van der Waals surface area contributed by atoms with Gasteiger partial charge in [0.15, 0.2) is 0 Å². The molecule has 1 aliphatic rings. The highest BCUT2D eigenvalue weighted by Crippen LogP contribution is 2.29. The Morgan fingerprint density at radius 2 is 2.06 bits per heavy atom. The number of aromatic nitrogens is 2. The first-order valence-electron chi connectivity index (χ1n) is 11.0. The van der Waals surface area contributed by atoms with Crippen LogP contribution in [0, 0.1) is 11.3 Å². The molecule has 7 nitrogen and oxygen atoms in total. The number of fused-ring (bicyclic) bond motifs is 1. The second-order valence-electron chi connectivity index (χ2n) is 8.06. The molecule has 2 aromatic carbocycles. The summed E-state index contributed by atoms with van der Waals surface area (Å²) in [5, 5.41) is 17.2. The zero-order valence-electron chi connectivity index (χ0n) is 17.9. The van der Waals surface area contributed by atoms with Crippen molar-refractivity contribution in [1.29, 1.82) is 5.26 Å². The van der Waals surface area contributed by atoms with E-state index in [2.05, 4.69) is 39.6 Å². The molecule has 0 aliphatic carbocycles. The fraction of sp³-hybridized carbons (Fsp3) is 0.375. The Bertz CT molecular complexity index is 1090. The van der Waals surface area contributed by atoms with Gasteiger partial charge in [0, 0.05) is 35.9 Å². The van der Waals surface area contributed by atoms with Crippen molar-refractivity contribution in [1.82, 2.24) is 15.3 Å². The van der Waals surface area contributed by atoms with Gasteiger partial charge in [-0.15, -0.1) is 0 Å². The van der Waals surface area contributed by atoms with Crippen LogP contribution >= 0.6 is 0 Å². The maximum atomic E-state index is 9.22. The first-order valence-corrected chi connectivity index (χ1v) is 11.0. The van der Waals surface area contributed by atoms with Crippen molar-refractivity contribution in [3.05, 3.63) is 48.0 Å². The first kappa shape index (κ1) is 20.9. The molecule has 4 N–H and O–H groups in total. The first-order chi connectivity index (χ1) is 15.2. The standard InChI is InChI=1S/C24H29N7/c1-2-3-6-10-27-19-9-11-31(16-19)23-21-7-4-5-8-22(21)29-24(30-23)28-20-13-17(15-25)12-18(26)14-20/h4-5,7-8,12-14,19,27H,2-3,6,9-11,16,26H2,1H3,(H,28,29,30)/t19-/m0/s1. The normalized spacial score (nSPS) is 15.9. The lowest BCUT2D eigenvalue weighted by atomic mass is 10.2. The molecule has 0 spiro atoms. The van der Waals surface area contributed by atoms with Crippen molar-refractivity contribution in [3.63, 3.8) is 0 Å². The smallest absolute Gasteiger partial charge is 0.229 e. The minimum Gasteiger partial charge on any atom is -0.399 e. The van der Waals surface area contributed by atoms with Gasteiger partial charge in [-0.2, -0.15) is 10.2 Å². The minimum absolute atomic E-state index is 0.481. The van der Waals surface area contributed by atoms with E-state index in [1.807, 2.05) is 18.2 Å². The van der Waals surface area contributed by atoms with Gasteiger partial charge in [-0.25, -0.2) is 4.98 Å². The summed E-state index contributed by atoms with van der Waals surface area (Å²) in [6.07, 6.45) is 4.84. The number of nitrogens with zero attached hydrogens (tertiary/aromatic N) is 4. The van der Waals surface area contributed by atoms with Gasteiger partial charge in [-0.05, 0) is 49.7 Å². The molecule has 0 unspecified atom stereocenters. The van der Waals surface area contributed by atoms with E-state index in [4.69, 9.17) is 10.7 Å². The molecule has 0 saturated carbocycles. The van der Waals surface area contributed by atoms with Crippen LogP contribution in [0.5, 0.6) is 0 Å². The van der Waals surface area contributed by atoms with E-state index in [9.17, 15) is 5.26 Å². The van der Waals surface area contributed by atoms with Crippen LogP contribution in [0.25, 0.3) is 10.9 Å². The predicted octanol–water partition coefficient (Wildman–Crippen LogP) is 4.19. The molecule has 1 atom stereocenters. The lowest BCUT2D eigenvalue weighted by molar-refractivity contribution is 0.527. The van der Waals surface area contributed by atoms with Crippen LogP contribution in [0.3, 0.4) is 0 Å². The zero-order valence-corrected chi connectivity index (χ0v) is 17.9. The molecule has 7 heteroatoms. The van der Waals surface area contributed by atoms with Crippen LogP contribution in [0.15, 0.2) is 42.5 Å². The second kappa shape index (κ2) is 9.63. The van der Waals surface area contributed by atoms with E-state index in [1.165, 1.54) is 19.3 Å². The van der Waals surface area contributed by atoms with Crippen LogP contribution in [0.4, 0.5) is 23.1 Å². The number of benzene rings is 2. The number of nitrogen functional groups attached to an aromatic ring is 1. The molecule has 160 valence electrons. The third kappa shape index (κ3) is 5.04. The second-order valence-corrected chi connectivity index (χ2v) is 8.06. The Morgan fingerprint density at radius 3 is 2.90 bits per heavy atom. The average molecular weight is 416 g/mol. The molecule has 1 fully saturated rings. The van der Waals surface area contributed by atoms with E-state index >= 15 is 0 Å². The number of unbranched alkanes of at least 4 members (excludes halogenated alkanes) is 2. The molecule has 1 aliphatic heterocycles. The highest BCUT2D eigenvalue weighted by atomic mass is 15.3. The highest BCUT2D eigenvalue weighted by molar-refractivity contribution is 5.91. The predicted molar refractivity (Wildman–Crippen MR) is 127 cm³/mol. The van der Waals surface area contributed by atoms with Gasteiger partial charge in [0.05, 0.1) is 17.1 Å². The van der Waals surface area contributed by atoms with Gasteiger partial charge >= 0.3 is 0 Å². The molecule has 4 rings (SSSR count). The summed E-state index contributed by atoms with van der Waals surface area (Å²) in [5.41, 5.74) is 8.55. The maximum Gasteiger partial charge on any atom is 0.229 e. The Hall–Kier alpha value is -3.37. The largest absolute Gasteiger partial charge is 0.399 e. The third-order valence-corrected chi connectivity index (χ3v) is 5.62. The SMILES string of the molecule is CCCCCN[C@H]1CCN(c2nc(Nc3cc(N)cc(C#N)c3)nc3ccccc23)C1. The maximum absolute atomic E-state index is 9.22. The summed E-state index contributed by atoms with van der Waals surface area (Å²) in [6, 6.07) is 15.9. The molecule has 1 aromatic heterocycles. The van der Waals surface area contributed by atoms with Gasteiger partial charge in [0.25, 0.3) is 0 Å². The number of nitrogens with two attached hydrogens (primary N) is 1. The minimum atomic E-state index is 0.481. The topological polar surface area (TPSA) is 103 Å². The number of nitriles is 1. The van der Waals surface area contributed by atoms with Crippen LogP contribution in [-0.2, 0) is 0 Å². The fourth-order valence-electron chi connectivity index (χ4n) is 4.07. The third-order valence-electron chi connectivity index (χ3n) is 5.62. The van der Waals surface area contributed by atoms with E-state index in [1.54, 1.807) is 18.2 Å². The summed E-state index contributed by atoms with van der Waals surface area (Å²) in [5.74, 6) is 1.44. The highest BCUT2D eigenvalue weighted by Gasteiger charge is 2.25. The quantitative estimate of drug-likeness (QED) is 0.374. The zero-order chi connectivity index (χ0) is 21.6. The van der Waals surface area contributed by atoms with E-state index in [0.717, 1.165) is 42.8 Å². The van der Waals surface area contributed by atoms with Crippen molar-refractivity contribution in [3.8, 4) is 6.07 Å². The number of rotatable bonds is 8. The van der Waals surface area contributed by atoms with Crippen LogP contribution in [0.1, 0.15) is 38.2 Å². The molecule has 0 radical (unpaired) electrons. The van der Waals surface area contributed by atoms with E-state index in [0.29, 0.717) is 28.9 Å². The van der Waals surface area contributed by atoms with Gasteiger partial charge < -0.3 is 21.3 Å². The number of para-hydroxylation sites is 1. The van der Waals surface area contributed by atoms with Crippen LogP contribution in [-0.4, -0.2) is 35.6 Å². The van der Waals surface area contributed by atoms with Crippen molar-refractivity contribution < 1.29 is 0 Å². The Kier molecular flexibility index (Phi) is 6.48. The molecule has 1 saturated heterocycles. The van der Waals surface area contributed by atoms with Crippen molar-refractivity contribution in [2.75, 3.05) is 35.6 Å². The fourth-order valence-corrected chi connectivity index (χ4v) is 4.07. The van der Waals surface area contributed by atoms with E-state index < -0.39 is 0 Å². The monoisotopic (exact) mass is 415 g/mol. The number of anilines is 4. The molecule has 0 bridgehead atoms. The summed E-state index contributed by atoms with van der Waals surface area (Å²) < 4.78 is 0. The molecule has 2 heterocycles. The van der Waals surface area contributed by atoms with Gasteiger partial charge in [0.2, 0.25) is 5.95 Å². The molecule has 3 aromatic rings. The van der Waals surface area contributed by atoms with Gasteiger partial charge in [-0.1, -0.05) is 31.9 Å². The number of nitrogens with one attached hydrogen (secondary N) is 2. The summed E-state index contributed by atoms with van der Waals surface area (Å²) in [6.45, 7) is 5.20. The molecule has 31 heavy (non-hydrogen) atoms. The summed E-state index contributed by atoms with van der Waals surface area (Å²) >= 11 is 0. The van der Waals surface area contributed by atoms with Crippen molar-refractivity contribution in [2.45, 2.75) is 38.6 Å².